The lowest BCUT2D eigenvalue weighted by atomic mass is 10.1. The fourth-order valence-electron chi connectivity index (χ4n) is 2.40. The van der Waals surface area contributed by atoms with Crippen molar-refractivity contribution in [2.24, 2.45) is 0 Å². The summed E-state index contributed by atoms with van der Waals surface area (Å²) in [5, 5.41) is 0. The molecule has 0 aromatic carbocycles. The zero-order valence-corrected chi connectivity index (χ0v) is 13.1. The first-order valence-electron chi connectivity index (χ1n) is 7.60. The minimum Gasteiger partial charge on any atom is -0.461 e. The number of nitrogen functional groups attached to an aromatic ring is 1. The largest absolute Gasteiger partial charge is 0.461 e. The van der Waals surface area contributed by atoms with Crippen molar-refractivity contribution in [3.05, 3.63) is 11.5 Å². The highest BCUT2D eigenvalue weighted by molar-refractivity contribution is 5.92. The van der Waals surface area contributed by atoms with E-state index in [0.29, 0.717) is 12.4 Å². The summed E-state index contributed by atoms with van der Waals surface area (Å²) in [7, 11) is 0. The highest BCUT2D eigenvalue weighted by atomic mass is 16.5. The third-order valence-corrected chi connectivity index (χ3v) is 3.47. The Morgan fingerprint density at radius 2 is 2.05 bits per heavy atom. The van der Waals surface area contributed by atoms with Gasteiger partial charge < -0.3 is 15.0 Å². The number of carbonyl (C=O) groups excluding carboxylic acids is 1. The zero-order valence-electron chi connectivity index (χ0n) is 13.1. The van der Waals surface area contributed by atoms with Gasteiger partial charge in [0.05, 0.1) is 6.61 Å². The molecule has 20 heavy (non-hydrogen) atoms. The molecule has 1 rings (SSSR count). The average Bonchev–Trinajstić information content (AvgIpc) is 2.76. The van der Waals surface area contributed by atoms with Gasteiger partial charge in [0.15, 0.2) is 5.69 Å². The Hall–Kier alpha value is -1.52. The number of carbonyl (C=O) groups is 1. The van der Waals surface area contributed by atoms with Crippen LogP contribution in [0.5, 0.6) is 0 Å². The Balaban J connectivity index is 2.96. The molecule has 0 fully saturated rings. The average molecular weight is 281 g/mol. The standard InChI is InChI=1S/C15H27N3O2/c1-5-8-9-10-11(4)18-12(6-2)17-13(14(18)16)15(19)20-7-3/h11H,5-10,16H2,1-4H3. The maximum absolute atomic E-state index is 11.9. The Bertz CT molecular complexity index is 441. The molecule has 0 aliphatic carbocycles. The molecule has 1 heterocycles. The number of unbranched alkanes of at least 4 members (excludes halogenated alkanes) is 2. The lowest BCUT2D eigenvalue weighted by molar-refractivity contribution is 0.0521. The molecule has 2 N–H and O–H groups in total. The second kappa shape index (κ2) is 7.92. The van der Waals surface area contributed by atoms with Crippen LogP contribution >= 0.6 is 0 Å². The van der Waals surface area contributed by atoms with Gasteiger partial charge in [-0.25, -0.2) is 9.78 Å². The third-order valence-electron chi connectivity index (χ3n) is 3.47. The van der Waals surface area contributed by atoms with Crippen molar-refractivity contribution < 1.29 is 9.53 Å². The normalized spacial score (nSPS) is 12.4. The van der Waals surface area contributed by atoms with E-state index in [-0.39, 0.29) is 11.7 Å². The number of aromatic nitrogens is 2. The van der Waals surface area contributed by atoms with Crippen LogP contribution in [0.15, 0.2) is 0 Å². The van der Waals surface area contributed by atoms with E-state index in [9.17, 15) is 4.79 Å². The van der Waals surface area contributed by atoms with Crippen LogP contribution in [0.25, 0.3) is 0 Å². The number of hydrogen-bond acceptors (Lipinski definition) is 4. The summed E-state index contributed by atoms with van der Waals surface area (Å²) in [6, 6.07) is 0.257. The van der Waals surface area contributed by atoms with Crippen molar-refractivity contribution in [2.45, 2.75) is 65.8 Å². The summed E-state index contributed by atoms with van der Waals surface area (Å²) in [5.41, 5.74) is 6.37. The minimum atomic E-state index is -0.431. The molecule has 1 atom stereocenters. The van der Waals surface area contributed by atoms with E-state index < -0.39 is 5.97 Å². The van der Waals surface area contributed by atoms with Crippen LogP contribution in [0.3, 0.4) is 0 Å². The number of aryl methyl sites for hydroxylation is 1. The van der Waals surface area contributed by atoms with Gasteiger partial charge in [0, 0.05) is 12.5 Å². The van der Waals surface area contributed by atoms with Gasteiger partial charge in [-0.1, -0.05) is 33.1 Å². The highest BCUT2D eigenvalue weighted by Gasteiger charge is 2.23. The van der Waals surface area contributed by atoms with Crippen molar-refractivity contribution in [1.82, 2.24) is 9.55 Å². The van der Waals surface area contributed by atoms with Crippen molar-refractivity contribution in [2.75, 3.05) is 12.3 Å². The third kappa shape index (κ3) is 3.74. The molecule has 0 saturated heterocycles. The number of hydrogen-bond donors (Lipinski definition) is 1. The van der Waals surface area contributed by atoms with E-state index in [0.717, 1.165) is 25.1 Å². The summed E-state index contributed by atoms with van der Waals surface area (Å²) in [6.07, 6.45) is 5.37. The molecule has 1 unspecified atom stereocenters. The maximum atomic E-state index is 11.9. The molecule has 0 aliphatic rings. The number of esters is 1. The maximum Gasteiger partial charge on any atom is 0.360 e. The topological polar surface area (TPSA) is 70.1 Å². The molecule has 1 aromatic heterocycles. The van der Waals surface area contributed by atoms with Crippen LogP contribution in [-0.2, 0) is 11.2 Å². The molecule has 0 saturated carbocycles. The predicted octanol–water partition coefficient (Wildman–Crippen LogP) is 3.35. The molecule has 0 spiro atoms. The van der Waals surface area contributed by atoms with Crippen molar-refractivity contribution in [3.8, 4) is 0 Å². The van der Waals surface area contributed by atoms with Gasteiger partial charge in [0.2, 0.25) is 0 Å². The van der Waals surface area contributed by atoms with Gasteiger partial charge in [-0.2, -0.15) is 0 Å². The van der Waals surface area contributed by atoms with Crippen molar-refractivity contribution >= 4 is 11.8 Å². The number of nitrogens with two attached hydrogens (primary N) is 1. The molecule has 5 nitrogen and oxygen atoms in total. The van der Waals surface area contributed by atoms with Crippen LogP contribution in [0.4, 0.5) is 5.82 Å². The van der Waals surface area contributed by atoms with E-state index in [1.165, 1.54) is 12.8 Å². The van der Waals surface area contributed by atoms with Crippen molar-refractivity contribution in [1.29, 1.82) is 0 Å². The Kier molecular flexibility index (Phi) is 6.55. The molecular weight excluding hydrogens is 254 g/mol. The molecule has 1 aromatic rings. The van der Waals surface area contributed by atoms with E-state index in [1.807, 2.05) is 11.5 Å². The highest BCUT2D eigenvalue weighted by Crippen LogP contribution is 2.25. The number of imidazole rings is 1. The summed E-state index contributed by atoms with van der Waals surface area (Å²) in [6.45, 7) is 8.44. The first kappa shape index (κ1) is 16.5. The molecule has 0 aliphatic heterocycles. The molecule has 5 heteroatoms. The van der Waals surface area contributed by atoms with Crippen LogP contribution in [0.2, 0.25) is 0 Å². The second-order valence-electron chi connectivity index (χ2n) is 5.05. The second-order valence-corrected chi connectivity index (χ2v) is 5.05. The van der Waals surface area contributed by atoms with Crippen LogP contribution in [-0.4, -0.2) is 22.1 Å². The smallest absolute Gasteiger partial charge is 0.360 e. The van der Waals surface area contributed by atoms with Crippen LogP contribution in [0.1, 0.15) is 75.7 Å². The Morgan fingerprint density at radius 1 is 1.35 bits per heavy atom. The van der Waals surface area contributed by atoms with Gasteiger partial charge in [0.25, 0.3) is 0 Å². The van der Waals surface area contributed by atoms with Gasteiger partial charge in [-0.15, -0.1) is 0 Å². The fourth-order valence-corrected chi connectivity index (χ4v) is 2.40. The molecule has 114 valence electrons. The summed E-state index contributed by atoms with van der Waals surface area (Å²) < 4.78 is 6.99. The van der Waals surface area contributed by atoms with E-state index in [4.69, 9.17) is 10.5 Å². The van der Waals surface area contributed by atoms with Gasteiger partial charge in [-0.3, -0.25) is 0 Å². The molecule has 0 amide bonds. The molecular formula is C15H27N3O2. The lowest BCUT2D eigenvalue weighted by Gasteiger charge is -2.17. The monoisotopic (exact) mass is 281 g/mol. The lowest BCUT2D eigenvalue weighted by Crippen LogP contribution is -2.13. The quantitative estimate of drug-likeness (QED) is 0.586. The number of rotatable bonds is 8. The molecule has 0 bridgehead atoms. The predicted molar refractivity (Wildman–Crippen MR) is 80.8 cm³/mol. The van der Waals surface area contributed by atoms with E-state index in [1.54, 1.807) is 6.92 Å². The van der Waals surface area contributed by atoms with Crippen molar-refractivity contribution in [3.63, 3.8) is 0 Å². The number of ether oxygens (including phenoxy) is 1. The van der Waals surface area contributed by atoms with Gasteiger partial charge in [-0.05, 0) is 20.3 Å². The minimum absolute atomic E-state index is 0.256. The SMILES string of the molecule is CCCCCC(C)n1c(CC)nc(C(=O)OCC)c1N. The Labute approximate surface area is 121 Å². The molecule has 0 radical (unpaired) electrons. The summed E-state index contributed by atoms with van der Waals surface area (Å²) in [4.78, 5) is 16.2. The summed E-state index contributed by atoms with van der Waals surface area (Å²) in [5.74, 6) is 0.859. The fraction of sp³-hybridized carbons (Fsp3) is 0.733. The Morgan fingerprint density at radius 3 is 2.60 bits per heavy atom. The van der Waals surface area contributed by atoms with Crippen LogP contribution in [0, 0.1) is 0 Å². The van der Waals surface area contributed by atoms with E-state index in [2.05, 4.69) is 18.8 Å². The van der Waals surface area contributed by atoms with Gasteiger partial charge in [0.1, 0.15) is 11.6 Å². The summed E-state index contributed by atoms with van der Waals surface area (Å²) >= 11 is 0. The van der Waals surface area contributed by atoms with E-state index >= 15 is 0 Å². The zero-order chi connectivity index (χ0) is 15.1. The first-order valence-corrected chi connectivity index (χ1v) is 7.60. The van der Waals surface area contributed by atoms with Crippen LogP contribution < -0.4 is 5.73 Å². The first-order chi connectivity index (χ1) is 9.56. The number of anilines is 1. The van der Waals surface area contributed by atoms with Gasteiger partial charge >= 0.3 is 5.97 Å². The number of nitrogens with zero attached hydrogens (tertiary/aromatic N) is 2.